The number of aliphatic hydroxyl groups is 6. The maximum absolute atomic E-state index is 12.6. The van der Waals surface area contributed by atoms with Crippen LogP contribution in [0, 0.1) is 39.9 Å². The van der Waals surface area contributed by atoms with Crippen LogP contribution in [0.4, 0.5) is 0 Å². The molecular formula is C37H56O12. The van der Waals surface area contributed by atoms with Gasteiger partial charge in [-0.1, -0.05) is 39.3 Å². The molecule has 0 bridgehead atoms. The lowest BCUT2D eigenvalue weighted by Crippen LogP contribution is -2.65. The summed E-state index contributed by atoms with van der Waals surface area (Å²) < 4.78 is 10.2. The van der Waals surface area contributed by atoms with Crippen molar-refractivity contribution in [2.24, 2.45) is 39.9 Å². The molecule has 0 radical (unpaired) electrons. The van der Waals surface area contributed by atoms with Crippen LogP contribution in [0.5, 0.6) is 0 Å². The second-order valence-corrected chi connectivity index (χ2v) is 16.0. The molecule has 12 nitrogen and oxygen atoms in total. The van der Waals surface area contributed by atoms with Crippen LogP contribution in [-0.4, -0.2) is 90.8 Å². The first-order valence-corrected chi connectivity index (χ1v) is 17.5. The van der Waals surface area contributed by atoms with Crippen LogP contribution in [-0.2, 0) is 23.9 Å². The third kappa shape index (κ3) is 6.78. The van der Waals surface area contributed by atoms with Gasteiger partial charge in [0, 0.05) is 12.5 Å². The Morgan fingerprint density at radius 2 is 1.69 bits per heavy atom. The lowest BCUT2D eigenvalue weighted by atomic mass is 9.36. The molecule has 4 fully saturated rings. The first-order chi connectivity index (χ1) is 22.7. The zero-order chi connectivity index (χ0) is 36.8. The van der Waals surface area contributed by atoms with Gasteiger partial charge in [0.15, 0.2) is 11.9 Å². The Hall–Kier alpha value is -2.93. The van der Waals surface area contributed by atoms with E-state index in [0.29, 0.717) is 37.2 Å². The summed E-state index contributed by atoms with van der Waals surface area (Å²) in [5.41, 5.74) is 1.57. The number of cyclic esters (lactones) is 1. The highest BCUT2D eigenvalue weighted by Gasteiger charge is 2.70. The molecular weight excluding hydrogens is 636 g/mol. The smallest absolute Gasteiger partial charge is 0.377 e. The van der Waals surface area contributed by atoms with Gasteiger partial charge in [0.2, 0.25) is 5.76 Å². The van der Waals surface area contributed by atoms with Crippen molar-refractivity contribution >= 4 is 17.9 Å². The molecule has 7 N–H and O–H groups in total. The number of hydrogen-bond donors (Lipinski definition) is 7. The summed E-state index contributed by atoms with van der Waals surface area (Å²) in [4.78, 5) is 35.4. The summed E-state index contributed by atoms with van der Waals surface area (Å²) in [7, 11) is 0. The van der Waals surface area contributed by atoms with Crippen molar-refractivity contribution in [3.8, 4) is 0 Å². The van der Waals surface area contributed by atoms with Gasteiger partial charge in [-0.05, 0) is 111 Å². The second kappa shape index (κ2) is 14.4. The SMILES string of the molecule is CC(=O)O[C@H]1C[C@@]2(C)[C@@H](CC(O)C3[C@]2(C)CC[C@H]2[C@H](C)[C@H](O)CC[C@]32C)/C1=C(/CCC=C(C)C)C(=O)O.O=C1O[C@H]([C@@H](O)CO)C(O)=C1O. The third-order valence-electron chi connectivity index (χ3n) is 13.0. The van der Waals surface area contributed by atoms with Crippen molar-refractivity contribution in [3.05, 3.63) is 34.3 Å². The fourth-order valence-electron chi connectivity index (χ4n) is 10.6. The monoisotopic (exact) mass is 692 g/mol. The van der Waals surface area contributed by atoms with Gasteiger partial charge in [0.25, 0.3) is 0 Å². The summed E-state index contributed by atoms with van der Waals surface area (Å²) in [5, 5.41) is 67.9. The van der Waals surface area contributed by atoms with Crippen molar-refractivity contribution in [1.29, 1.82) is 0 Å². The predicted octanol–water partition coefficient (Wildman–Crippen LogP) is 4.26. The Balaban J connectivity index is 0.000000380. The first-order valence-electron chi connectivity index (χ1n) is 17.5. The number of allylic oxidation sites excluding steroid dienone is 2. The quantitative estimate of drug-likeness (QED) is 0.113. The second-order valence-electron chi connectivity index (χ2n) is 16.0. The van der Waals surface area contributed by atoms with Gasteiger partial charge in [-0.3, -0.25) is 4.79 Å². The molecule has 276 valence electrons. The molecule has 0 aromatic rings. The van der Waals surface area contributed by atoms with Crippen molar-refractivity contribution in [2.45, 2.75) is 130 Å². The van der Waals surface area contributed by atoms with Crippen LogP contribution in [0.1, 0.15) is 99.8 Å². The van der Waals surface area contributed by atoms with Gasteiger partial charge >= 0.3 is 17.9 Å². The number of hydrogen-bond acceptors (Lipinski definition) is 11. The standard InChI is InChI=1S/C31H48O6.C6H8O6/c1-17(2)9-8-10-20(28(35)36)26-22-15-24(34)27-29(5)13-12-23(33)18(3)21(29)11-14-30(27,6)31(22,7)16-25(26)37-19(4)32;7-1-2(8)5-3(9)4(10)6(11)12-5/h9,18,21-25,27,33-34H,8,10-16H2,1-7H3,(H,35,36);2,5,7-10H,1H2/b26-20+;/t18-,21-,22-,23+,24?,25-,27?,29-,30-,31-;2-,5+/m00/s1. The highest BCUT2D eigenvalue weighted by Crippen LogP contribution is 2.74. The van der Waals surface area contributed by atoms with Crippen LogP contribution in [0.2, 0.25) is 0 Å². The Morgan fingerprint density at radius 1 is 1.04 bits per heavy atom. The Morgan fingerprint density at radius 3 is 2.22 bits per heavy atom. The molecule has 4 saturated carbocycles. The molecule has 4 aliphatic carbocycles. The van der Waals surface area contributed by atoms with Crippen LogP contribution < -0.4 is 0 Å². The Labute approximate surface area is 288 Å². The third-order valence-corrected chi connectivity index (χ3v) is 13.0. The zero-order valence-electron chi connectivity index (χ0n) is 29.8. The lowest BCUT2D eigenvalue weighted by molar-refractivity contribution is -0.234. The number of fused-ring (bicyclic) bond motifs is 5. The van der Waals surface area contributed by atoms with Crippen LogP contribution in [0.3, 0.4) is 0 Å². The molecule has 5 rings (SSSR count). The summed E-state index contributed by atoms with van der Waals surface area (Å²) >= 11 is 0. The minimum Gasteiger partial charge on any atom is -0.505 e. The maximum atomic E-state index is 12.6. The minimum atomic E-state index is -1.42. The summed E-state index contributed by atoms with van der Waals surface area (Å²) in [6.45, 7) is 13.8. The Kier molecular flexibility index (Phi) is 11.4. The van der Waals surface area contributed by atoms with Crippen molar-refractivity contribution < 1.29 is 59.6 Å². The van der Waals surface area contributed by atoms with E-state index in [4.69, 9.17) is 25.2 Å². The average Bonchev–Trinajstić information content (AvgIpc) is 3.44. The van der Waals surface area contributed by atoms with E-state index >= 15 is 0 Å². The fraction of sp³-hybridized carbons (Fsp3) is 0.757. The number of rotatable bonds is 7. The minimum absolute atomic E-state index is 0.0474. The van der Waals surface area contributed by atoms with Gasteiger partial charge < -0.3 is 45.2 Å². The Bertz CT molecular complexity index is 1400. The van der Waals surface area contributed by atoms with Gasteiger partial charge in [0.1, 0.15) is 12.2 Å². The molecule has 0 aromatic carbocycles. The lowest BCUT2D eigenvalue weighted by Gasteiger charge is -2.69. The fourth-order valence-corrected chi connectivity index (χ4v) is 10.6. The molecule has 49 heavy (non-hydrogen) atoms. The summed E-state index contributed by atoms with van der Waals surface area (Å²) in [6, 6.07) is 0. The molecule has 0 spiro atoms. The van der Waals surface area contributed by atoms with E-state index in [-0.39, 0.29) is 40.1 Å². The molecule has 0 saturated heterocycles. The number of esters is 2. The topological polar surface area (TPSA) is 211 Å². The highest BCUT2D eigenvalue weighted by atomic mass is 16.6. The summed E-state index contributed by atoms with van der Waals surface area (Å²) in [6.07, 6.45) is 3.45. The molecule has 2 unspecified atom stereocenters. The number of aliphatic hydroxyl groups excluding tert-OH is 6. The van der Waals surface area contributed by atoms with E-state index in [9.17, 15) is 29.7 Å². The van der Waals surface area contributed by atoms with Gasteiger partial charge in [-0.2, -0.15) is 0 Å². The number of carboxylic acid groups (broad SMARTS) is 1. The molecule has 5 aliphatic rings. The first kappa shape index (κ1) is 38.9. The summed E-state index contributed by atoms with van der Waals surface area (Å²) in [5.74, 6) is -3.69. The van der Waals surface area contributed by atoms with Gasteiger partial charge in [-0.25, -0.2) is 9.59 Å². The largest absolute Gasteiger partial charge is 0.505 e. The number of carbonyl (C=O) groups is 3. The molecule has 0 aromatic heterocycles. The average molecular weight is 693 g/mol. The van der Waals surface area contributed by atoms with Gasteiger partial charge in [-0.15, -0.1) is 0 Å². The van der Waals surface area contributed by atoms with E-state index in [0.717, 1.165) is 36.8 Å². The van der Waals surface area contributed by atoms with E-state index in [1.165, 1.54) is 6.92 Å². The van der Waals surface area contributed by atoms with Crippen LogP contribution >= 0.6 is 0 Å². The van der Waals surface area contributed by atoms with Crippen LogP contribution in [0.15, 0.2) is 34.3 Å². The van der Waals surface area contributed by atoms with E-state index in [2.05, 4.69) is 32.4 Å². The van der Waals surface area contributed by atoms with Crippen molar-refractivity contribution in [3.63, 3.8) is 0 Å². The molecule has 12 atom stereocenters. The zero-order valence-corrected chi connectivity index (χ0v) is 29.8. The number of carbonyl (C=O) groups excluding carboxylic acids is 2. The van der Waals surface area contributed by atoms with Crippen molar-refractivity contribution in [2.75, 3.05) is 6.61 Å². The molecule has 1 aliphatic heterocycles. The predicted molar refractivity (Wildman–Crippen MR) is 178 cm³/mol. The number of aliphatic carboxylic acids is 1. The van der Waals surface area contributed by atoms with Crippen LogP contribution in [0.25, 0.3) is 0 Å². The molecule has 0 amide bonds. The molecule has 12 heteroatoms. The molecule has 1 heterocycles. The van der Waals surface area contributed by atoms with Crippen molar-refractivity contribution in [1.82, 2.24) is 0 Å². The van der Waals surface area contributed by atoms with E-state index < -0.39 is 60.4 Å². The van der Waals surface area contributed by atoms with E-state index in [1.807, 2.05) is 19.9 Å². The number of ether oxygens (including phenoxy) is 2. The van der Waals surface area contributed by atoms with E-state index in [1.54, 1.807) is 0 Å². The normalized spacial score (nSPS) is 41.2. The highest BCUT2D eigenvalue weighted by molar-refractivity contribution is 5.89. The van der Waals surface area contributed by atoms with Gasteiger partial charge in [0.05, 0.1) is 18.8 Å². The maximum Gasteiger partial charge on any atom is 0.377 e. The number of carboxylic acids is 1.